The van der Waals surface area contributed by atoms with E-state index in [2.05, 4.69) is 17.0 Å². The molecule has 0 N–H and O–H groups in total. The van der Waals surface area contributed by atoms with Crippen molar-refractivity contribution in [3.8, 4) is 17.2 Å². The largest absolute Gasteiger partial charge is 0.497 e. The van der Waals surface area contributed by atoms with Gasteiger partial charge in [0.15, 0.2) is 0 Å². The molecule has 1 fully saturated rings. The minimum Gasteiger partial charge on any atom is -0.497 e. The molecule has 0 radical (unpaired) electrons. The van der Waals surface area contributed by atoms with Crippen LogP contribution in [0.3, 0.4) is 0 Å². The molecule has 0 atom stereocenters. The molecule has 0 bridgehead atoms. The first-order valence-electron chi connectivity index (χ1n) is 10.8. The molecule has 0 aliphatic carbocycles. The number of nitrogens with zero attached hydrogens (tertiary/aromatic N) is 2. The van der Waals surface area contributed by atoms with Crippen molar-refractivity contribution >= 4 is 11.6 Å². The maximum Gasteiger partial charge on any atom is 0.234 e. The first-order chi connectivity index (χ1) is 15.2. The highest BCUT2D eigenvalue weighted by molar-refractivity contribution is 5.89. The maximum atomic E-state index is 13.8. The van der Waals surface area contributed by atoms with Crippen molar-refractivity contribution in [1.82, 2.24) is 4.90 Å². The summed E-state index contributed by atoms with van der Waals surface area (Å²) in [5, 5.41) is 0. The molecule has 3 aromatic rings. The molecule has 1 saturated heterocycles. The summed E-state index contributed by atoms with van der Waals surface area (Å²) in [6.07, 6.45) is 0.935. The Hall–Kier alpha value is -3.47. The van der Waals surface area contributed by atoms with E-state index in [9.17, 15) is 4.79 Å². The van der Waals surface area contributed by atoms with E-state index < -0.39 is 0 Å². The highest BCUT2D eigenvalue weighted by Crippen LogP contribution is 2.44. The third kappa shape index (κ3) is 3.72. The summed E-state index contributed by atoms with van der Waals surface area (Å²) >= 11 is 0. The van der Waals surface area contributed by atoms with Gasteiger partial charge in [0.05, 0.1) is 13.0 Å². The van der Waals surface area contributed by atoms with Crippen LogP contribution < -0.4 is 14.4 Å². The van der Waals surface area contributed by atoms with Crippen molar-refractivity contribution in [1.29, 1.82) is 0 Å². The van der Waals surface area contributed by atoms with E-state index in [1.807, 2.05) is 65.6 Å². The van der Waals surface area contributed by atoms with Gasteiger partial charge >= 0.3 is 0 Å². The molecule has 0 unspecified atom stereocenters. The van der Waals surface area contributed by atoms with Crippen LogP contribution in [-0.2, 0) is 4.79 Å². The van der Waals surface area contributed by atoms with Gasteiger partial charge < -0.3 is 19.3 Å². The van der Waals surface area contributed by atoms with Crippen LogP contribution in [-0.4, -0.2) is 44.1 Å². The number of rotatable bonds is 3. The summed E-state index contributed by atoms with van der Waals surface area (Å²) in [4.78, 5) is 18.2. The second-order valence-corrected chi connectivity index (χ2v) is 7.97. The lowest BCUT2D eigenvalue weighted by molar-refractivity contribution is -0.131. The summed E-state index contributed by atoms with van der Waals surface area (Å²) in [5.41, 5.74) is 3.06. The molecular formula is C26H26N2O3. The van der Waals surface area contributed by atoms with Crippen LogP contribution in [0.1, 0.15) is 23.5 Å². The zero-order valence-electron chi connectivity index (χ0n) is 17.7. The predicted octanol–water partition coefficient (Wildman–Crippen LogP) is 4.67. The molecule has 158 valence electrons. The van der Waals surface area contributed by atoms with Crippen molar-refractivity contribution in [3.63, 3.8) is 0 Å². The number of amides is 1. The zero-order chi connectivity index (χ0) is 21.2. The van der Waals surface area contributed by atoms with E-state index in [-0.39, 0.29) is 11.8 Å². The van der Waals surface area contributed by atoms with Crippen molar-refractivity contribution in [3.05, 3.63) is 83.9 Å². The Kier molecular flexibility index (Phi) is 5.24. The number of hydrogen-bond donors (Lipinski definition) is 0. The predicted molar refractivity (Wildman–Crippen MR) is 121 cm³/mol. The smallest absolute Gasteiger partial charge is 0.234 e. The monoisotopic (exact) mass is 414 g/mol. The van der Waals surface area contributed by atoms with E-state index in [0.717, 1.165) is 60.1 Å². The lowest BCUT2D eigenvalue weighted by Gasteiger charge is -2.31. The van der Waals surface area contributed by atoms with Crippen LogP contribution in [0.2, 0.25) is 0 Å². The number of ether oxygens (including phenoxy) is 2. The Balaban J connectivity index is 1.38. The van der Waals surface area contributed by atoms with Gasteiger partial charge in [0.2, 0.25) is 5.91 Å². The molecule has 0 spiro atoms. The van der Waals surface area contributed by atoms with Crippen LogP contribution in [0.25, 0.3) is 0 Å². The van der Waals surface area contributed by atoms with E-state index in [1.54, 1.807) is 7.11 Å². The molecule has 2 aliphatic rings. The Morgan fingerprint density at radius 3 is 2.13 bits per heavy atom. The quantitative estimate of drug-likeness (QED) is 0.625. The van der Waals surface area contributed by atoms with Gasteiger partial charge in [-0.1, -0.05) is 36.4 Å². The Morgan fingerprint density at radius 1 is 0.839 bits per heavy atom. The van der Waals surface area contributed by atoms with E-state index in [1.165, 1.54) is 0 Å². The molecule has 3 aromatic carbocycles. The SMILES string of the molecule is COc1ccc(N2CCCN(C(=O)C3c4ccccc4Oc4ccccc43)CC2)cc1. The molecule has 0 aromatic heterocycles. The lowest BCUT2D eigenvalue weighted by Crippen LogP contribution is -2.39. The molecule has 5 nitrogen and oxygen atoms in total. The van der Waals surface area contributed by atoms with Crippen molar-refractivity contribution in [2.45, 2.75) is 12.3 Å². The topological polar surface area (TPSA) is 42.0 Å². The number of carbonyl (C=O) groups is 1. The molecule has 0 saturated carbocycles. The second-order valence-electron chi connectivity index (χ2n) is 7.97. The first kappa shape index (κ1) is 19.5. The number of fused-ring (bicyclic) bond motifs is 2. The van der Waals surface area contributed by atoms with Gasteiger partial charge in [0.1, 0.15) is 17.2 Å². The van der Waals surface area contributed by atoms with Gasteiger partial charge in [-0.2, -0.15) is 0 Å². The van der Waals surface area contributed by atoms with Gasteiger partial charge in [0, 0.05) is 43.0 Å². The molecule has 31 heavy (non-hydrogen) atoms. The fourth-order valence-electron chi connectivity index (χ4n) is 4.55. The minimum atomic E-state index is -0.325. The highest BCUT2D eigenvalue weighted by Gasteiger charge is 2.35. The number of para-hydroxylation sites is 2. The Morgan fingerprint density at radius 2 is 1.48 bits per heavy atom. The van der Waals surface area contributed by atoms with Gasteiger partial charge in [-0.05, 0) is 42.8 Å². The van der Waals surface area contributed by atoms with Gasteiger partial charge in [-0.15, -0.1) is 0 Å². The third-order valence-electron chi connectivity index (χ3n) is 6.17. The summed E-state index contributed by atoms with van der Waals surface area (Å²) < 4.78 is 11.3. The maximum absolute atomic E-state index is 13.8. The number of anilines is 1. The van der Waals surface area contributed by atoms with E-state index in [4.69, 9.17) is 9.47 Å². The van der Waals surface area contributed by atoms with Crippen LogP contribution in [0, 0.1) is 0 Å². The van der Waals surface area contributed by atoms with Crippen molar-refractivity contribution in [2.24, 2.45) is 0 Å². The Bertz CT molecular complexity index is 1030. The van der Waals surface area contributed by atoms with E-state index in [0.29, 0.717) is 6.54 Å². The molecule has 2 heterocycles. The van der Waals surface area contributed by atoms with Gasteiger partial charge in [-0.3, -0.25) is 4.79 Å². The molecule has 2 aliphatic heterocycles. The molecule has 5 rings (SSSR count). The van der Waals surface area contributed by atoms with Crippen LogP contribution in [0.15, 0.2) is 72.8 Å². The molecular weight excluding hydrogens is 388 g/mol. The fourth-order valence-corrected chi connectivity index (χ4v) is 4.55. The van der Waals surface area contributed by atoms with Crippen LogP contribution in [0.5, 0.6) is 17.2 Å². The third-order valence-corrected chi connectivity index (χ3v) is 6.17. The van der Waals surface area contributed by atoms with Gasteiger partial charge in [0.25, 0.3) is 0 Å². The average Bonchev–Trinajstić information content (AvgIpc) is 3.08. The zero-order valence-corrected chi connectivity index (χ0v) is 17.7. The molecule has 5 heteroatoms. The summed E-state index contributed by atoms with van der Waals surface area (Å²) in [6.45, 7) is 3.20. The molecule has 1 amide bonds. The van der Waals surface area contributed by atoms with Crippen LogP contribution >= 0.6 is 0 Å². The standard InChI is InChI=1S/C26H26N2O3/c1-30-20-13-11-19(12-14-20)27-15-6-16-28(18-17-27)26(29)25-21-7-2-4-9-23(21)31-24-10-5-3-8-22(24)25/h2-5,7-14,25H,6,15-18H2,1H3. The van der Waals surface area contributed by atoms with Crippen molar-refractivity contribution in [2.75, 3.05) is 38.2 Å². The number of methoxy groups -OCH3 is 1. The van der Waals surface area contributed by atoms with Crippen molar-refractivity contribution < 1.29 is 14.3 Å². The number of benzene rings is 3. The summed E-state index contributed by atoms with van der Waals surface area (Å²) in [7, 11) is 1.68. The summed E-state index contributed by atoms with van der Waals surface area (Å²) in [6, 6.07) is 23.9. The fraction of sp³-hybridized carbons (Fsp3) is 0.269. The Labute approximate surface area is 182 Å². The highest BCUT2D eigenvalue weighted by atomic mass is 16.5. The van der Waals surface area contributed by atoms with Gasteiger partial charge in [-0.25, -0.2) is 0 Å². The first-order valence-corrected chi connectivity index (χ1v) is 10.8. The minimum absolute atomic E-state index is 0.153. The number of hydrogen-bond acceptors (Lipinski definition) is 4. The normalized spacial score (nSPS) is 16.0. The second kappa shape index (κ2) is 8.34. The number of carbonyl (C=O) groups excluding carboxylic acids is 1. The summed E-state index contributed by atoms with van der Waals surface area (Å²) in [5.74, 6) is 2.23. The van der Waals surface area contributed by atoms with E-state index >= 15 is 0 Å². The lowest BCUT2D eigenvalue weighted by atomic mass is 9.87. The van der Waals surface area contributed by atoms with Crippen LogP contribution in [0.4, 0.5) is 5.69 Å². The average molecular weight is 415 g/mol.